The molecule has 1 aromatic heterocycles. The van der Waals surface area contributed by atoms with E-state index < -0.39 is 15.8 Å². The second-order valence-electron chi connectivity index (χ2n) is 5.72. The van der Waals surface area contributed by atoms with Crippen LogP contribution in [0.3, 0.4) is 0 Å². The highest BCUT2D eigenvalue weighted by Crippen LogP contribution is 2.26. The minimum Gasteiger partial charge on any atom is -0.465 e. The second-order valence-corrected chi connectivity index (χ2v) is 8.36. The quantitative estimate of drug-likeness (QED) is 0.724. The second kappa shape index (κ2) is 7.42. The van der Waals surface area contributed by atoms with Gasteiger partial charge in [0.1, 0.15) is 0 Å². The SMILES string of the molecule is COC(=O)c1ccc(Cl)c(Nc2nncc(NC3CCS(=O)(=O)C3)n2)c1. The van der Waals surface area contributed by atoms with Crippen molar-refractivity contribution in [3.63, 3.8) is 0 Å². The molecule has 0 aliphatic carbocycles. The summed E-state index contributed by atoms with van der Waals surface area (Å²) in [5.41, 5.74) is 0.731. The number of carbonyl (C=O) groups is 1. The molecule has 0 amide bonds. The molecule has 9 nitrogen and oxygen atoms in total. The Hall–Kier alpha value is -2.46. The summed E-state index contributed by atoms with van der Waals surface area (Å²) in [6, 6.07) is 4.39. The van der Waals surface area contributed by atoms with Crippen molar-refractivity contribution in [3.05, 3.63) is 35.0 Å². The number of esters is 1. The highest BCUT2D eigenvalue weighted by atomic mass is 35.5. The number of nitrogens with zero attached hydrogens (tertiary/aromatic N) is 3. The summed E-state index contributed by atoms with van der Waals surface area (Å²) >= 11 is 6.13. The molecule has 0 saturated carbocycles. The zero-order chi connectivity index (χ0) is 18.7. The van der Waals surface area contributed by atoms with Crippen molar-refractivity contribution < 1.29 is 17.9 Å². The molecule has 26 heavy (non-hydrogen) atoms. The number of halogens is 1. The summed E-state index contributed by atoms with van der Waals surface area (Å²) in [6.45, 7) is 0. The van der Waals surface area contributed by atoms with E-state index in [4.69, 9.17) is 11.6 Å². The van der Waals surface area contributed by atoms with Crippen LogP contribution in [0.4, 0.5) is 17.5 Å². The summed E-state index contributed by atoms with van der Waals surface area (Å²) in [4.78, 5) is 15.9. The van der Waals surface area contributed by atoms with Crippen LogP contribution in [-0.2, 0) is 14.6 Å². The molecule has 0 bridgehead atoms. The lowest BCUT2D eigenvalue weighted by Crippen LogP contribution is -2.21. The third kappa shape index (κ3) is 4.38. The molecule has 2 aromatic rings. The average Bonchev–Trinajstić information content (AvgIpc) is 2.95. The zero-order valence-electron chi connectivity index (χ0n) is 13.8. The van der Waals surface area contributed by atoms with Crippen LogP contribution < -0.4 is 10.6 Å². The van der Waals surface area contributed by atoms with Crippen LogP contribution in [0.1, 0.15) is 16.8 Å². The van der Waals surface area contributed by atoms with Gasteiger partial charge in [-0.3, -0.25) is 0 Å². The van der Waals surface area contributed by atoms with E-state index in [1.54, 1.807) is 6.07 Å². The number of benzene rings is 1. The fourth-order valence-corrected chi connectivity index (χ4v) is 4.37. The Bertz CT molecular complexity index is 937. The van der Waals surface area contributed by atoms with Gasteiger partial charge in [0.25, 0.3) is 0 Å². The summed E-state index contributed by atoms with van der Waals surface area (Å²) in [7, 11) is -1.71. The molecule has 1 unspecified atom stereocenters. The van der Waals surface area contributed by atoms with Crippen molar-refractivity contribution in [3.8, 4) is 0 Å². The highest BCUT2D eigenvalue weighted by Gasteiger charge is 2.28. The van der Waals surface area contributed by atoms with E-state index in [9.17, 15) is 13.2 Å². The van der Waals surface area contributed by atoms with Crippen LogP contribution in [0.5, 0.6) is 0 Å². The van der Waals surface area contributed by atoms with E-state index in [-0.39, 0.29) is 23.5 Å². The summed E-state index contributed by atoms with van der Waals surface area (Å²) in [6.07, 6.45) is 1.92. The van der Waals surface area contributed by atoms with Gasteiger partial charge in [0.2, 0.25) is 5.95 Å². The maximum atomic E-state index is 11.6. The number of rotatable bonds is 5. The molecule has 1 aromatic carbocycles. The Morgan fingerprint density at radius 2 is 2.19 bits per heavy atom. The Morgan fingerprint density at radius 1 is 1.38 bits per heavy atom. The molecule has 138 valence electrons. The minimum atomic E-state index is -3.00. The van der Waals surface area contributed by atoms with Crippen molar-refractivity contribution in [2.75, 3.05) is 29.2 Å². The maximum Gasteiger partial charge on any atom is 0.337 e. The van der Waals surface area contributed by atoms with E-state index in [1.807, 2.05) is 0 Å². The van der Waals surface area contributed by atoms with Crippen molar-refractivity contribution in [1.29, 1.82) is 0 Å². The van der Waals surface area contributed by atoms with E-state index in [0.717, 1.165) is 0 Å². The first kappa shape index (κ1) is 18.3. The normalized spacial score (nSPS) is 18.3. The molecule has 1 fully saturated rings. The number of hydrogen-bond acceptors (Lipinski definition) is 9. The van der Waals surface area contributed by atoms with Crippen LogP contribution in [0.2, 0.25) is 5.02 Å². The molecule has 0 spiro atoms. The Labute approximate surface area is 155 Å². The van der Waals surface area contributed by atoms with E-state index in [1.165, 1.54) is 25.4 Å². The number of anilines is 3. The lowest BCUT2D eigenvalue weighted by molar-refractivity contribution is 0.0601. The molecule has 3 rings (SSSR count). The lowest BCUT2D eigenvalue weighted by atomic mass is 10.2. The van der Waals surface area contributed by atoms with Gasteiger partial charge in [0.15, 0.2) is 15.7 Å². The van der Waals surface area contributed by atoms with Crippen LogP contribution in [-0.4, -0.2) is 54.2 Å². The summed E-state index contributed by atoms with van der Waals surface area (Å²) < 4.78 is 27.7. The van der Waals surface area contributed by atoms with Gasteiger partial charge in [-0.05, 0) is 24.6 Å². The Kier molecular flexibility index (Phi) is 5.23. The molecule has 0 radical (unpaired) electrons. The predicted octanol–water partition coefficient (Wildman–Crippen LogP) is 1.65. The van der Waals surface area contributed by atoms with Crippen molar-refractivity contribution in [1.82, 2.24) is 15.2 Å². The Balaban J connectivity index is 1.76. The molecule has 2 heterocycles. The van der Waals surface area contributed by atoms with Crippen molar-refractivity contribution >= 4 is 44.9 Å². The summed E-state index contributed by atoms with van der Waals surface area (Å²) in [5, 5.41) is 14.0. The predicted molar refractivity (Wildman–Crippen MR) is 96.6 cm³/mol. The molecular weight excluding hydrogens is 382 g/mol. The van der Waals surface area contributed by atoms with Crippen LogP contribution in [0.25, 0.3) is 0 Å². The third-order valence-corrected chi connectivity index (χ3v) is 5.87. The van der Waals surface area contributed by atoms with Crippen molar-refractivity contribution in [2.45, 2.75) is 12.5 Å². The maximum absolute atomic E-state index is 11.6. The van der Waals surface area contributed by atoms with Gasteiger partial charge < -0.3 is 15.4 Å². The first-order valence-corrected chi connectivity index (χ1v) is 9.88. The largest absolute Gasteiger partial charge is 0.465 e. The standard InChI is InChI=1S/C15H16ClN5O4S/c1-25-14(22)9-2-3-11(16)12(6-9)19-15-20-13(7-17-21-15)18-10-4-5-26(23,24)8-10/h2-3,6-7,10H,4-5,8H2,1H3,(H2,18,19,20,21). The van der Waals surface area contributed by atoms with Crippen LogP contribution >= 0.6 is 11.6 Å². The van der Waals surface area contributed by atoms with Gasteiger partial charge >= 0.3 is 5.97 Å². The molecule has 1 atom stereocenters. The van der Waals surface area contributed by atoms with E-state index in [2.05, 4.69) is 30.6 Å². The molecule has 11 heteroatoms. The van der Waals surface area contributed by atoms with E-state index in [0.29, 0.717) is 28.5 Å². The zero-order valence-corrected chi connectivity index (χ0v) is 15.3. The van der Waals surface area contributed by atoms with Gasteiger partial charge in [-0.25, -0.2) is 13.2 Å². The number of sulfone groups is 1. The molecule has 1 aliphatic rings. The molecular formula is C15H16ClN5O4S. The number of methoxy groups -OCH3 is 1. The van der Waals surface area contributed by atoms with Gasteiger partial charge in [-0.2, -0.15) is 10.1 Å². The molecule has 2 N–H and O–H groups in total. The first-order chi connectivity index (χ1) is 12.4. The molecule has 1 saturated heterocycles. The molecule has 1 aliphatic heterocycles. The summed E-state index contributed by atoms with van der Waals surface area (Å²) in [5.74, 6) is 0.267. The number of ether oxygens (including phenoxy) is 1. The minimum absolute atomic E-state index is 0.0623. The fourth-order valence-electron chi connectivity index (χ4n) is 2.53. The highest BCUT2D eigenvalue weighted by molar-refractivity contribution is 7.91. The Morgan fingerprint density at radius 3 is 2.88 bits per heavy atom. The van der Waals surface area contributed by atoms with Crippen LogP contribution in [0.15, 0.2) is 24.4 Å². The monoisotopic (exact) mass is 397 g/mol. The number of nitrogens with one attached hydrogen (secondary N) is 2. The van der Waals surface area contributed by atoms with Gasteiger partial charge in [-0.1, -0.05) is 11.6 Å². The number of aromatic nitrogens is 3. The van der Waals surface area contributed by atoms with Crippen LogP contribution in [0, 0.1) is 0 Å². The number of carbonyl (C=O) groups excluding carboxylic acids is 1. The average molecular weight is 398 g/mol. The third-order valence-electron chi connectivity index (χ3n) is 3.78. The van der Waals surface area contributed by atoms with E-state index >= 15 is 0 Å². The smallest absolute Gasteiger partial charge is 0.337 e. The topological polar surface area (TPSA) is 123 Å². The van der Waals surface area contributed by atoms with Gasteiger partial charge in [-0.15, -0.1) is 5.10 Å². The number of hydrogen-bond donors (Lipinski definition) is 2. The van der Waals surface area contributed by atoms with Gasteiger partial charge in [0.05, 0.1) is 41.1 Å². The van der Waals surface area contributed by atoms with Crippen molar-refractivity contribution in [2.24, 2.45) is 0 Å². The lowest BCUT2D eigenvalue weighted by Gasteiger charge is -2.12. The first-order valence-electron chi connectivity index (χ1n) is 7.68. The van der Waals surface area contributed by atoms with Gasteiger partial charge in [0, 0.05) is 6.04 Å². The fraction of sp³-hybridized carbons (Fsp3) is 0.333.